The number of carbonyl (C=O) groups is 2. The summed E-state index contributed by atoms with van der Waals surface area (Å²) in [6.45, 7) is 1.29. The molecule has 0 aromatic carbocycles. The van der Waals surface area contributed by atoms with Gasteiger partial charge in [0.1, 0.15) is 0 Å². The van der Waals surface area contributed by atoms with Crippen molar-refractivity contribution < 1.29 is 9.59 Å². The Kier molecular flexibility index (Phi) is 1.42. The van der Waals surface area contributed by atoms with Crippen LogP contribution in [0.25, 0.3) is 0 Å². The van der Waals surface area contributed by atoms with Gasteiger partial charge >= 0.3 is 0 Å². The van der Waals surface area contributed by atoms with E-state index in [2.05, 4.69) is 5.32 Å². The van der Waals surface area contributed by atoms with E-state index in [1.165, 1.54) is 0 Å². The second kappa shape index (κ2) is 2.30. The molecule has 2 saturated heterocycles. The number of rotatable bonds is 0. The predicted octanol–water partition coefficient (Wildman–Crippen LogP) is -0.893. The molecule has 0 aromatic heterocycles. The first-order valence-corrected chi connectivity index (χ1v) is 3.85. The molecule has 2 amide bonds. The Morgan fingerprint density at radius 2 is 2.27 bits per heavy atom. The highest BCUT2D eigenvalue weighted by Gasteiger charge is 2.36. The highest BCUT2D eigenvalue weighted by molar-refractivity contribution is 6.01. The van der Waals surface area contributed by atoms with Crippen LogP contribution in [0.3, 0.4) is 0 Å². The van der Waals surface area contributed by atoms with Crippen molar-refractivity contribution in [3.8, 4) is 0 Å². The molecule has 2 fully saturated rings. The van der Waals surface area contributed by atoms with E-state index >= 15 is 0 Å². The first-order valence-electron chi connectivity index (χ1n) is 3.85. The van der Waals surface area contributed by atoms with Crippen LogP contribution in [-0.4, -0.2) is 35.8 Å². The van der Waals surface area contributed by atoms with E-state index < -0.39 is 0 Å². The van der Waals surface area contributed by atoms with Gasteiger partial charge in [0.05, 0.1) is 12.6 Å². The third-order valence-corrected chi connectivity index (χ3v) is 2.28. The molecular weight excluding hydrogens is 144 g/mol. The first-order chi connectivity index (χ1) is 5.27. The van der Waals surface area contributed by atoms with Gasteiger partial charge < -0.3 is 0 Å². The Bertz CT molecular complexity index is 214. The Morgan fingerprint density at radius 1 is 1.45 bits per heavy atom. The van der Waals surface area contributed by atoms with Crippen LogP contribution in [0.5, 0.6) is 0 Å². The molecule has 0 spiro atoms. The Hall–Kier alpha value is -0.900. The lowest BCUT2D eigenvalue weighted by atomic mass is 10.2. The molecular formula is C7H10N2O2. The summed E-state index contributed by atoms with van der Waals surface area (Å²) in [6, 6.07) is -0.0206. The summed E-state index contributed by atoms with van der Waals surface area (Å²) in [6.07, 6.45) is 1.94. The molecule has 2 rings (SSSR count). The molecule has 2 aliphatic rings. The van der Waals surface area contributed by atoms with Gasteiger partial charge in [-0.3, -0.25) is 19.8 Å². The van der Waals surface area contributed by atoms with E-state index in [0.29, 0.717) is 6.54 Å². The summed E-state index contributed by atoms with van der Waals surface area (Å²) in [4.78, 5) is 23.9. The number of hydrogen-bond donors (Lipinski definition) is 1. The molecule has 2 heterocycles. The molecule has 0 radical (unpaired) electrons. The highest BCUT2D eigenvalue weighted by Crippen LogP contribution is 2.18. The van der Waals surface area contributed by atoms with Crippen LogP contribution < -0.4 is 5.32 Å². The van der Waals surface area contributed by atoms with Crippen molar-refractivity contribution in [1.29, 1.82) is 0 Å². The van der Waals surface area contributed by atoms with E-state index in [-0.39, 0.29) is 17.9 Å². The third-order valence-electron chi connectivity index (χ3n) is 2.28. The number of fused-ring (bicyclic) bond motifs is 1. The van der Waals surface area contributed by atoms with Crippen molar-refractivity contribution in [2.45, 2.75) is 18.9 Å². The molecule has 1 N–H and O–H groups in total. The van der Waals surface area contributed by atoms with Crippen LogP contribution in [0, 0.1) is 0 Å². The molecule has 4 heteroatoms. The second-order valence-electron chi connectivity index (χ2n) is 3.04. The minimum Gasteiger partial charge on any atom is -0.294 e. The molecule has 1 atom stereocenters. The number of nitrogens with zero attached hydrogens (tertiary/aromatic N) is 1. The van der Waals surface area contributed by atoms with Crippen molar-refractivity contribution in [2.75, 3.05) is 13.1 Å². The molecule has 0 aromatic rings. The van der Waals surface area contributed by atoms with Crippen LogP contribution in [0.4, 0.5) is 0 Å². The fraction of sp³-hybridized carbons (Fsp3) is 0.714. The smallest absolute Gasteiger partial charge is 0.243 e. The largest absolute Gasteiger partial charge is 0.294 e. The summed E-state index contributed by atoms with van der Waals surface area (Å²) in [7, 11) is 0. The van der Waals surface area contributed by atoms with Gasteiger partial charge in [0.2, 0.25) is 11.8 Å². The van der Waals surface area contributed by atoms with Crippen molar-refractivity contribution in [2.24, 2.45) is 0 Å². The Balaban J connectivity index is 2.16. The monoisotopic (exact) mass is 154 g/mol. The molecule has 2 aliphatic heterocycles. The average molecular weight is 154 g/mol. The standard InChI is InChI=1S/C7H10N2O2/c10-6-4-9-3-1-2-5(9)7(11)8-6/h5H,1-4H2,(H,8,10,11)/t5-/m0/s1. The fourth-order valence-electron chi connectivity index (χ4n) is 1.76. The Labute approximate surface area is 64.5 Å². The molecule has 11 heavy (non-hydrogen) atoms. The van der Waals surface area contributed by atoms with Crippen molar-refractivity contribution in [3.63, 3.8) is 0 Å². The zero-order valence-electron chi connectivity index (χ0n) is 6.17. The zero-order chi connectivity index (χ0) is 7.84. The molecule has 0 bridgehead atoms. The van der Waals surface area contributed by atoms with Gasteiger partial charge in [0, 0.05) is 0 Å². The highest BCUT2D eigenvalue weighted by atomic mass is 16.2. The van der Waals surface area contributed by atoms with Crippen LogP contribution in [0.2, 0.25) is 0 Å². The quantitative estimate of drug-likeness (QED) is 0.460. The summed E-state index contributed by atoms with van der Waals surface area (Å²) in [5.41, 5.74) is 0. The van der Waals surface area contributed by atoms with Crippen molar-refractivity contribution >= 4 is 11.8 Å². The SMILES string of the molecule is O=C1CN2CCC[C@H]2C(=O)N1. The van der Waals surface area contributed by atoms with Crippen LogP contribution in [-0.2, 0) is 9.59 Å². The van der Waals surface area contributed by atoms with Crippen LogP contribution >= 0.6 is 0 Å². The molecule has 60 valence electrons. The van der Waals surface area contributed by atoms with E-state index in [4.69, 9.17) is 0 Å². The lowest BCUT2D eigenvalue weighted by molar-refractivity contribution is -0.138. The Morgan fingerprint density at radius 3 is 3.09 bits per heavy atom. The number of imide groups is 1. The normalized spacial score (nSPS) is 31.8. The maximum atomic E-state index is 11.1. The minimum atomic E-state index is -0.159. The zero-order valence-corrected chi connectivity index (χ0v) is 6.17. The summed E-state index contributed by atoms with van der Waals surface area (Å²) in [5, 5.41) is 2.33. The topological polar surface area (TPSA) is 49.4 Å². The van der Waals surface area contributed by atoms with Crippen molar-refractivity contribution in [1.82, 2.24) is 10.2 Å². The number of hydrogen-bond acceptors (Lipinski definition) is 3. The number of amides is 2. The molecule has 4 nitrogen and oxygen atoms in total. The van der Waals surface area contributed by atoms with Crippen LogP contribution in [0.15, 0.2) is 0 Å². The lowest BCUT2D eigenvalue weighted by Crippen LogP contribution is -2.55. The second-order valence-corrected chi connectivity index (χ2v) is 3.04. The number of nitrogens with one attached hydrogen (secondary N) is 1. The predicted molar refractivity (Wildman–Crippen MR) is 37.7 cm³/mol. The van der Waals surface area contributed by atoms with E-state index in [1.807, 2.05) is 4.90 Å². The van der Waals surface area contributed by atoms with E-state index in [9.17, 15) is 9.59 Å². The average Bonchev–Trinajstić information content (AvgIpc) is 2.34. The summed E-state index contributed by atoms with van der Waals surface area (Å²) in [5.74, 6) is -0.271. The lowest BCUT2D eigenvalue weighted by Gasteiger charge is -2.27. The van der Waals surface area contributed by atoms with Gasteiger partial charge in [0.25, 0.3) is 0 Å². The van der Waals surface area contributed by atoms with Gasteiger partial charge in [-0.25, -0.2) is 0 Å². The van der Waals surface area contributed by atoms with Gasteiger partial charge in [-0.1, -0.05) is 0 Å². The number of piperazine rings is 1. The maximum absolute atomic E-state index is 11.1. The van der Waals surface area contributed by atoms with Gasteiger partial charge in [-0.15, -0.1) is 0 Å². The fourth-order valence-corrected chi connectivity index (χ4v) is 1.76. The van der Waals surface area contributed by atoms with Gasteiger partial charge in [-0.2, -0.15) is 0 Å². The first kappa shape index (κ1) is 6.79. The van der Waals surface area contributed by atoms with Crippen molar-refractivity contribution in [3.05, 3.63) is 0 Å². The van der Waals surface area contributed by atoms with Crippen LogP contribution in [0.1, 0.15) is 12.8 Å². The number of carbonyl (C=O) groups excluding carboxylic acids is 2. The van der Waals surface area contributed by atoms with E-state index in [1.54, 1.807) is 0 Å². The molecule has 0 unspecified atom stereocenters. The van der Waals surface area contributed by atoms with E-state index in [0.717, 1.165) is 19.4 Å². The maximum Gasteiger partial charge on any atom is 0.243 e. The third kappa shape index (κ3) is 1.03. The summed E-state index contributed by atoms with van der Waals surface area (Å²) < 4.78 is 0. The molecule has 0 aliphatic carbocycles. The van der Waals surface area contributed by atoms with Gasteiger partial charge in [-0.05, 0) is 19.4 Å². The van der Waals surface area contributed by atoms with Gasteiger partial charge in [0.15, 0.2) is 0 Å². The summed E-state index contributed by atoms with van der Waals surface area (Å²) >= 11 is 0. The minimum absolute atomic E-state index is 0.0206. The molecule has 0 saturated carbocycles.